The highest BCUT2D eigenvalue weighted by Gasteiger charge is 2.33. The number of esters is 1. The lowest BCUT2D eigenvalue weighted by atomic mass is 9.82. The van der Waals surface area contributed by atoms with Gasteiger partial charge in [-0.05, 0) is 30.7 Å². The molecule has 4 rings (SSSR count). The fourth-order valence-corrected chi connectivity index (χ4v) is 3.85. The van der Waals surface area contributed by atoms with E-state index in [-0.39, 0.29) is 28.0 Å². The molecule has 7 heteroatoms. The van der Waals surface area contributed by atoms with Crippen LogP contribution in [-0.4, -0.2) is 48.6 Å². The third-order valence-electron chi connectivity index (χ3n) is 5.58. The number of carbonyl (C=O) groups is 4. The Morgan fingerprint density at radius 2 is 1.47 bits per heavy atom. The first kappa shape index (κ1) is 22.9. The fraction of sp³-hybridized carbons (Fsp3) is 0.185. The van der Waals surface area contributed by atoms with Crippen molar-refractivity contribution in [1.82, 2.24) is 4.90 Å². The molecule has 0 saturated carbocycles. The molecule has 172 valence electrons. The number of nitrogens with zero attached hydrogens (tertiary/aromatic N) is 1. The Morgan fingerprint density at radius 3 is 2.15 bits per heavy atom. The van der Waals surface area contributed by atoms with Crippen LogP contribution in [0.25, 0.3) is 0 Å². The Kier molecular flexibility index (Phi) is 6.54. The quantitative estimate of drug-likeness (QED) is 0.394. The molecular formula is C27H23NO6. The Balaban J connectivity index is 1.44. The highest BCUT2D eigenvalue weighted by Crippen LogP contribution is 2.29. The molecule has 1 aliphatic rings. The molecule has 34 heavy (non-hydrogen) atoms. The summed E-state index contributed by atoms with van der Waals surface area (Å²) < 4.78 is 10.6. The standard InChI is InChI=1S/C27H23NO6/c1-3-33-18-13-11-17(12-14-18)15-28(2)23(29)16-34-27(32)22-10-6-9-21-24(22)26(31)20-8-5-4-7-19(20)25(21)30/h4-14H,3,15-16H2,1-2H3. The smallest absolute Gasteiger partial charge is 0.339 e. The minimum Gasteiger partial charge on any atom is -0.494 e. The summed E-state index contributed by atoms with van der Waals surface area (Å²) in [5, 5.41) is 0. The summed E-state index contributed by atoms with van der Waals surface area (Å²) in [5.41, 5.74) is 1.56. The summed E-state index contributed by atoms with van der Waals surface area (Å²) >= 11 is 0. The normalized spacial score (nSPS) is 11.9. The number of benzene rings is 3. The van der Waals surface area contributed by atoms with E-state index in [1.165, 1.54) is 23.1 Å². The van der Waals surface area contributed by atoms with Crippen molar-refractivity contribution in [3.63, 3.8) is 0 Å². The Labute approximate surface area is 196 Å². The predicted octanol–water partition coefficient (Wildman–Crippen LogP) is 3.68. The maximum absolute atomic E-state index is 13.0. The topological polar surface area (TPSA) is 90.0 Å². The summed E-state index contributed by atoms with van der Waals surface area (Å²) in [4.78, 5) is 52.6. The summed E-state index contributed by atoms with van der Waals surface area (Å²) in [7, 11) is 1.61. The summed E-state index contributed by atoms with van der Waals surface area (Å²) in [6.45, 7) is 2.31. The summed E-state index contributed by atoms with van der Waals surface area (Å²) in [6.07, 6.45) is 0. The summed E-state index contributed by atoms with van der Waals surface area (Å²) in [5.74, 6) is -1.24. The van der Waals surface area contributed by atoms with Crippen LogP contribution in [0.3, 0.4) is 0 Å². The highest BCUT2D eigenvalue weighted by atomic mass is 16.5. The zero-order chi connectivity index (χ0) is 24.2. The summed E-state index contributed by atoms with van der Waals surface area (Å²) in [6, 6.07) is 18.3. The second-order valence-corrected chi connectivity index (χ2v) is 7.83. The van der Waals surface area contributed by atoms with E-state index in [9.17, 15) is 19.2 Å². The van der Waals surface area contributed by atoms with E-state index in [1.807, 2.05) is 31.2 Å². The van der Waals surface area contributed by atoms with Crippen molar-refractivity contribution < 1.29 is 28.7 Å². The zero-order valence-electron chi connectivity index (χ0n) is 18.9. The van der Waals surface area contributed by atoms with E-state index in [1.54, 1.807) is 31.3 Å². The average Bonchev–Trinajstić information content (AvgIpc) is 2.86. The molecule has 7 nitrogen and oxygen atoms in total. The molecule has 3 aromatic carbocycles. The molecule has 1 amide bonds. The van der Waals surface area contributed by atoms with E-state index in [0.29, 0.717) is 18.7 Å². The van der Waals surface area contributed by atoms with Gasteiger partial charge >= 0.3 is 5.97 Å². The molecule has 3 aromatic rings. The van der Waals surface area contributed by atoms with Crippen molar-refractivity contribution >= 4 is 23.4 Å². The van der Waals surface area contributed by atoms with Crippen LogP contribution in [-0.2, 0) is 16.1 Å². The maximum Gasteiger partial charge on any atom is 0.339 e. The molecule has 0 aromatic heterocycles. The highest BCUT2D eigenvalue weighted by molar-refractivity contribution is 6.30. The van der Waals surface area contributed by atoms with E-state index < -0.39 is 24.3 Å². The lowest BCUT2D eigenvalue weighted by Gasteiger charge is -2.20. The largest absolute Gasteiger partial charge is 0.494 e. The van der Waals surface area contributed by atoms with Gasteiger partial charge in [0.15, 0.2) is 18.2 Å². The van der Waals surface area contributed by atoms with Gasteiger partial charge in [-0.2, -0.15) is 0 Å². The third kappa shape index (κ3) is 4.45. The van der Waals surface area contributed by atoms with Crippen LogP contribution in [0.15, 0.2) is 66.7 Å². The number of carbonyl (C=O) groups excluding carboxylic acids is 4. The van der Waals surface area contributed by atoms with Gasteiger partial charge in [0.2, 0.25) is 0 Å². The number of hydrogen-bond donors (Lipinski definition) is 0. The Morgan fingerprint density at radius 1 is 0.824 bits per heavy atom. The van der Waals surface area contributed by atoms with E-state index in [4.69, 9.17) is 9.47 Å². The van der Waals surface area contributed by atoms with Crippen LogP contribution in [0.4, 0.5) is 0 Å². The van der Waals surface area contributed by atoms with Crippen molar-refractivity contribution in [2.45, 2.75) is 13.5 Å². The van der Waals surface area contributed by atoms with Gasteiger partial charge in [-0.25, -0.2) is 4.79 Å². The molecule has 0 heterocycles. The van der Waals surface area contributed by atoms with Crippen molar-refractivity contribution in [3.8, 4) is 5.75 Å². The molecule has 0 radical (unpaired) electrons. The van der Waals surface area contributed by atoms with Gasteiger partial charge in [0.25, 0.3) is 5.91 Å². The van der Waals surface area contributed by atoms with Crippen LogP contribution < -0.4 is 4.74 Å². The number of hydrogen-bond acceptors (Lipinski definition) is 6. The lowest BCUT2D eigenvalue weighted by Crippen LogP contribution is -2.31. The monoisotopic (exact) mass is 457 g/mol. The number of ether oxygens (including phenoxy) is 2. The molecule has 0 spiro atoms. The molecule has 0 fully saturated rings. The molecule has 0 unspecified atom stereocenters. The Hall–Kier alpha value is -4.26. The first-order valence-electron chi connectivity index (χ1n) is 10.8. The second-order valence-electron chi connectivity index (χ2n) is 7.83. The SMILES string of the molecule is CCOc1ccc(CN(C)C(=O)COC(=O)c2cccc3c2C(=O)c2ccccc2C3=O)cc1. The van der Waals surface area contributed by atoms with Crippen LogP contribution in [0.2, 0.25) is 0 Å². The molecule has 0 N–H and O–H groups in total. The number of likely N-dealkylation sites (N-methyl/N-ethyl adjacent to an activating group) is 1. The van der Waals surface area contributed by atoms with Crippen molar-refractivity contribution in [1.29, 1.82) is 0 Å². The molecule has 0 aliphatic heterocycles. The van der Waals surface area contributed by atoms with Crippen LogP contribution in [0.1, 0.15) is 54.7 Å². The second kappa shape index (κ2) is 9.70. The van der Waals surface area contributed by atoms with E-state index in [0.717, 1.165) is 11.3 Å². The van der Waals surface area contributed by atoms with Gasteiger partial charge in [0.05, 0.1) is 12.2 Å². The first-order valence-corrected chi connectivity index (χ1v) is 10.8. The van der Waals surface area contributed by atoms with Crippen molar-refractivity contribution in [3.05, 3.63) is 100 Å². The minimum absolute atomic E-state index is 0.00592. The Bertz CT molecular complexity index is 1280. The molecule has 1 aliphatic carbocycles. The van der Waals surface area contributed by atoms with E-state index in [2.05, 4.69) is 0 Å². The van der Waals surface area contributed by atoms with Gasteiger partial charge in [-0.15, -0.1) is 0 Å². The fourth-order valence-electron chi connectivity index (χ4n) is 3.85. The van der Waals surface area contributed by atoms with Crippen molar-refractivity contribution in [2.24, 2.45) is 0 Å². The molecular weight excluding hydrogens is 434 g/mol. The molecule has 0 atom stereocenters. The third-order valence-corrected chi connectivity index (χ3v) is 5.58. The number of rotatable bonds is 7. The van der Waals surface area contributed by atoms with Crippen LogP contribution in [0.5, 0.6) is 5.75 Å². The van der Waals surface area contributed by atoms with Gasteiger partial charge < -0.3 is 14.4 Å². The lowest BCUT2D eigenvalue weighted by molar-refractivity contribution is -0.133. The minimum atomic E-state index is -0.833. The number of amides is 1. The molecule has 0 bridgehead atoms. The number of ketones is 2. The van der Waals surface area contributed by atoms with Gasteiger partial charge in [-0.3, -0.25) is 14.4 Å². The van der Waals surface area contributed by atoms with Crippen molar-refractivity contribution in [2.75, 3.05) is 20.3 Å². The maximum atomic E-state index is 13.0. The predicted molar refractivity (Wildman–Crippen MR) is 124 cm³/mol. The first-order chi connectivity index (χ1) is 16.4. The number of fused-ring (bicyclic) bond motifs is 2. The van der Waals surface area contributed by atoms with Gasteiger partial charge in [0, 0.05) is 35.8 Å². The van der Waals surface area contributed by atoms with E-state index >= 15 is 0 Å². The van der Waals surface area contributed by atoms with Crippen LogP contribution in [0, 0.1) is 0 Å². The van der Waals surface area contributed by atoms with Gasteiger partial charge in [-0.1, -0.05) is 48.5 Å². The average molecular weight is 457 g/mol. The van der Waals surface area contributed by atoms with Crippen LogP contribution >= 0.6 is 0 Å². The van der Waals surface area contributed by atoms with Gasteiger partial charge in [0.1, 0.15) is 5.75 Å². The zero-order valence-corrected chi connectivity index (χ0v) is 18.9. The molecule has 0 saturated heterocycles.